The summed E-state index contributed by atoms with van der Waals surface area (Å²) in [5, 5.41) is 4.36. The Bertz CT molecular complexity index is 1470. The van der Waals surface area contributed by atoms with Gasteiger partial charge in [-0.25, -0.2) is 9.50 Å². The van der Waals surface area contributed by atoms with E-state index in [0.29, 0.717) is 23.0 Å². The molecule has 1 aliphatic carbocycles. The van der Waals surface area contributed by atoms with E-state index in [0.717, 1.165) is 47.2 Å². The topological polar surface area (TPSA) is 80.6 Å². The summed E-state index contributed by atoms with van der Waals surface area (Å²) in [7, 11) is 1.68. The number of pyridine rings is 2. The van der Waals surface area contributed by atoms with Crippen molar-refractivity contribution in [3.63, 3.8) is 0 Å². The number of nitrogens with zero attached hydrogens (tertiary/aromatic N) is 5. The lowest BCUT2D eigenvalue weighted by atomic mass is 9.74. The summed E-state index contributed by atoms with van der Waals surface area (Å²) in [6.07, 6.45) is 8.56. The summed E-state index contributed by atoms with van der Waals surface area (Å²) >= 11 is 0. The van der Waals surface area contributed by atoms with Crippen molar-refractivity contribution in [2.45, 2.75) is 64.3 Å². The van der Waals surface area contributed by atoms with E-state index in [1.54, 1.807) is 18.0 Å². The summed E-state index contributed by atoms with van der Waals surface area (Å²) in [5.74, 6) is 1.56. The highest BCUT2D eigenvalue weighted by atomic mass is 16.5. The molecule has 2 aliphatic heterocycles. The van der Waals surface area contributed by atoms with Crippen molar-refractivity contribution in [1.82, 2.24) is 29.5 Å². The Morgan fingerprint density at radius 3 is 2.59 bits per heavy atom. The Morgan fingerprint density at radius 1 is 1.14 bits per heavy atom. The van der Waals surface area contributed by atoms with Gasteiger partial charge in [0.15, 0.2) is 11.4 Å². The molecule has 2 saturated heterocycles. The molecule has 8 heteroatoms. The van der Waals surface area contributed by atoms with Crippen LogP contribution >= 0.6 is 0 Å². The molecule has 4 aromatic rings. The molecule has 37 heavy (non-hydrogen) atoms. The Hall–Kier alpha value is -2.97. The largest absolute Gasteiger partial charge is 0.493 e. The molecule has 194 valence electrons. The second-order valence-electron chi connectivity index (χ2n) is 11.9. The maximum atomic E-state index is 5.64. The predicted molar refractivity (Wildman–Crippen MR) is 143 cm³/mol. The number of aromatic nitrogens is 5. The summed E-state index contributed by atoms with van der Waals surface area (Å²) < 4.78 is 12.9. The van der Waals surface area contributed by atoms with Crippen LogP contribution in [0.1, 0.15) is 68.2 Å². The minimum absolute atomic E-state index is 0.314. The SMILES string of the molecule is COc1cc(-c2[nH]c3cc(C)c(C4CCC(N5CC6(COC6)C5)CC4)nc3c2C(C)C)cn2ncnc12. The van der Waals surface area contributed by atoms with Crippen molar-refractivity contribution in [3.8, 4) is 17.0 Å². The number of methoxy groups -OCH3 is 1. The number of aryl methyl sites for hydroxylation is 1. The van der Waals surface area contributed by atoms with Crippen LogP contribution < -0.4 is 4.74 Å². The van der Waals surface area contributed by atoms with E-state index in [-0.39, 0.29) is 0 Å². The zero-order valence-electron chi connectivity index (χ0n) is 22.3. The van der Waals surface area contributed by atoms with Gasteiger partial charge in [0.1, 0.15) is 6.33 Å². The first-order valence-corrected chi connectivity index (χ1v) is 13.7. The number of H-pyrrole nitrogens is 1. The maximum absolute atomic E-state index is 5.64. The summed E-state index contributed by atoms with van der Waals surface area (Å²) in [5.41, 5.74) is 9.35. The molecular weight excluding hydrogens is 464 g/mol. The third-order valence-electron chi connectivity index (χ3n) is 8.96. The molecule has 0 bridgehead atoms. The molecule has 0 radical (unpaired) electrons. The molecule has 3 aliphatic rings. The van der Waals surface area contributed by atoms with Crippen molar-refractivity contribution in [2.24, 2.45) is 5.41 Å². The van der Waals surface area contributed by atoms with Crippen molar-refractivity contribution in [1.29, 1.82) is 0 Å². The van der Waals surface area contributed by atoms with Crippen LogP contribution in [-0.4, -0.2) is 68.9 Å². The summed E-state index contributed by atoms with van der Waals surface area (Å²) in [4.78, 5) is 16.1. The lowest BCUT2D eigenvalue weighted by molar-refractivity contribution is -0.200. The number of hydrogen-bond donors (Lipinski definition) is 1. The maximum Gasteiger partial charge on any atom is 0.197 e. The Balaban J connectivity index is 1.20. The number of nitrogens with one attached hydrogen (secondary N) is 1. The predicted octanol–water partition coefficient (Wildman–Crippen LogP) is 5.07. The second-order valence-corrected chi connectivity index (χ2v) is 11.9. The van der Waals surface area contributed by atoms with Gasteiger partial charge in [0.25, 0.3) is 0 Å². The fourth-order valence-electron chi connectivity index (χ4n) is 7.00. The fourth-order valence-corrected chi connectivity index (χ4v) is 7.00. The van der Waals surface area contributed by atoms with Crippen molar-refractivity contribution in [3.05, 3.63) is 41.5 Å². The molecule has 3 fully saturated rings. The third-order valence-corrected chi connectivity index (χ3v) is 8.96. The molecule has 1 spiro atoms. The first-order chi connectivity index (χ1) is 17.9. The van der Waals surface area contributed by atoms with E-state index in [1.165, 1.54) is 55.6 Å². The number of rotatable bonds is 5. The molecular formula is C29H36N6O2. The average molecular weight is 501 g/mol. The van der Waals surface area contributed by atoms with Gasteiger partial charge >= 0.3 is 0 Å². The van der Waals surface area contributed by atoms with Crippen molar-refractivity contribution >= 4 is 16.7 Å². The molecule has 0 aromatic carbocycles. The van der Waals surface area contributed by atoms with Crippen molar-refractivity contribution in [2.75, 3.05) is 33.4 Å². The van der Waals surface area contributed by atoms with Gasteiger partial charge in [0.05, 0.1) is 37.1 Å². The first kappa shape index (κ1) is 23.2. The summed E-state index contributed by atoms with van der Waals surface area (Å²) in [6, 6.07) is 5.09. The highest BCUT2D eigenvalue weighted by Crippen LogP contribution is 2.44. The first-order valence-electron chi connectivity index (χ1n) is 13.7. The van der Waals surface area contributed by atoms with Gasteiger partial charge < -0.3 is 14.5 Å². The monoisotopic (exact) mass is 500 g/mol. The number of likely N-dealkylation sites (tertiary alicyclic amines) is 1. The van der Waals surface area contributed by atoms with Crippen LogP contribution in [0, 0.1) is 12.3 Å². The minimum atomic E-state index is 0.314. The zero-order valence-corrected chi connectivity index (χ0v) is 22.3. The van der Waals surface area contributed by atoms with E-state index >= 15 is 0 Å². The molecule has 1 saturated carbocycles. The van der Waals surface area contributed by atoms with Crippen LogP contribution in [0.5, 0.6) is 5.75 Å². The fraction of sp³-hybridized carbons (Fsp3) is 0.552. The smallest absolute Gasteiger partial charge is 0.197 e. The lowest BCUT2D eigenvalue weighted by Gasteiger charge is -2.58. The normalized spacial score (nSPS) is 23.6. The molecule has 0 unspecified atom stereocenters. The van der Waals surface area contributed by atoms with Crippen LogP contribution in [0.2, 0.25) is 0 Å². The van der Waals surface area contributed by atoms with Crippen LogP contribution in [0.3, 0.4) is 0 Å². The van der Waals surface area contributed by atoms with E-state index in [4.69, 9.17) is 14.5 Å². The molecule has 8 nitrogen and oxygen atoms in total. The van der Waals surface area contributed by atoms with Gasteiger partial charge in [0, 0.05) is 53.5 Å². The van der Waals surface area contributed by atoms with Crippen LogP contribution in [0.4, 0.5) is 0 Å². The van der Waals surface area contributed by atoms with E-state index < -0.39 is 0 Å². The highest BCUT2D eigenvalue weighted by molar-refractivity contribution is 5.89. The zero-order chi connectivity index (χ0) is 25.3. The molecule has 4 aromatic heterocycles. The average Bonchev–Trinajstić information content (AvgIpc) is 3.46. The minimum Gasteiger partial charge on any atom is -0.493 e. The summed E-state index contributed by atoms with van der Waals surface area (Å²) in [6.45, 7) is 11.1. The van der Waals surface area contributed by atoms with Gasteiger partial charge in [0.2, 0.25) is 0 Å². The van der Waals surface area contributed by atoms with Gasteiger partial charge in [-0.15, -0.1) is 0 Å². The van der Waals surface area contributed by atoms with Crippen molar-refractivity contribution < 1.29 is 9.47 Å². The van der Waals surface area contributed by atoms with Gasteiger partial charge in [-0.2, -0.15) is 5.10 Å². The molecule has 0 atom stereocenters. The van der Waals surface area contributed by atoms with Crippen LogP contribution in [-0.2, 0) is 4.74 Å². The molecule has 7 rings (SSSR count). The van der Waals surface area contributed by atoms with E-state index in [2.05, 4.69) is 46.8 Å². The van der Waals surface area contributed by atoms with Gasteiger partial charge in [-0.1, -0.05) is 13.8 Å². The second kappa shape index (κ2) is 8.53. The molecule has 6 heterocycles. The Kier molecular flexibility index (Phi) is 5.34. The van der Waals surface area contributed by atoms with E-state index in [1.807, 2.05) is 12.3 Å². The van der Waals surface area contributed by atoms with Gasteiger partial charge in [-0.05, 0) is 56.2 Å². The van der Waals surface area contributed by atoms with E-state index in [9.17, 15) is 0 Å². The Labute approximate surface area is 217 Å². The number of aromatic amines is 1. The number of ether oxygens (including phenoxy) is 2. The molecule has 1 N–H and O–H groups in total. The molecule has 0 amide bonds. The number of hydrogen-bond acceptors (Lipinski definition) is 6. The van der Waals surface area contributed by atoms with Gasteiger partial charge in [-0.3, -0.25) is 9.88 Å². The third kappa shape index (κ3) is 3.67. The highest BCUT2D eigenvalue weighted by Gasteiger charge is 2.50. The quantitative estimate of drug-likeness (QED) is 0.412. The lowest BCUT2D eigenvalue weighted by Crippen LogP contribution is -2.68. The van der Waals surface area contributed by atoms with Crippen LogP contribution in [0.15, 0.2) is 24.7 Å². The van der Waals surface area contributed by atoms with Crippen LogP contribution in [0.25, 0.3) is 27.9 Å². The number of fused-ring (bicyclic) bond motifs is 2. The standard InChI is InChI=1S/C29H36N6O2/c1-17(2)24-26(20-10-23(36-4)28-30-16-31-35(28)11-20)32-22-9-18(3)25(33-27(22)24)19-5-7-21(8-6-19)34-12-29(13-34)14-37-15-29/h9-11,16-17,19,21,32H,5-8,12-15H2,1-4H3. The Morgan fingerprint density at radius 2 is 1.92 bits per heavy atom.